The van der Waals surface area contributed by atoms with Crippen LogP contribution in [0.25, 0.3) is 0 Å². The van der Waals surface area contributed by atoms with E-state index < -0.39 is 97.5 Å². The summed E-state index contributed by atoms with van der Waals surface area (Å²) in [6, 6.07) is 0. The third-order valence-electron chi connectivity index (χ3n) is 19.2. The number of aliphatic hydroxyl groups is 1. The van der Waals surface area contributed by atoms with Crippen molar-refractivity contribution in [1.29, 1.82) is 0 Å². The average Bonchev–Trinajstić information content (AvgIpc) is 0.942. The first-order chi connectivity index (χ1) is 48.9. The van der Waals surface area contributed by atoms with E-state index in [9.17, 15) is 43.2 Å². The molecule has 101 heavy (non-hydrogen) atoms. The molecule has 0 rings (SSSR count). The fourth-order valence-electron chi connectivity index (χ4n) is 12.7. The van der Waals surface area contributed by atoms with Crippen molar-refractivity contribution in [2.24, 2.45) is 11.8 Å². The van der Waals surface area contributed by atoms with Crippen LogP contribution in [0.1, 0.15) is 433 Å². The quantitative estimate of drug-likeness (QED) is 0.0222. The average molecular weight is 1480 g/mol. The summed E-state index contributed by atoms with van der Waals surface area (Å²) in [6.07, 6.45) is 63.8. The molecule has 0 amide bonds. The van der Waals surface area contributed by atoms with Gasteiger partial charge in [0.15, 0.2) is 12.2 Å². The van der Waals surface area contributed by atoms with Gasteiger partial charge in [-0.15, -0.1) is 0 Å². The molecule has 0 aromatic rings. The Hall–Kier alpha value is -1.94. The Bertz CT molecular complexity index is 1940. The zero-order valence-electron chi connectivity index (χ0n) is 66.2. The van der Waals surface area contributed by atoms with Crippen molar-refractivity contribution in [3.8, 4) is 0 Å². The van der Waals surface area contributed by atoms with Crippen LogP contribution in [0, 0.1) is 11.8 Å². The van der Waals surface area contributed by atoms with E-state index >= 15 is 0 Å². The molecule has 17 nitrogen and oxygen atoms in total. The van der Waals surface area contributed by atoms with Gasteiger partial charge in [-0.1, -0.05) is 382 Å². The summed E-state index contributed by atoms with van der Waals surface area (Å²) < 4.78 is 68.7. The maximum Gasteiger partial charge on any atom is 0.472 e. The number of phosphoric acid groups is 2. The summed E-state index contributed by atoms with van der Waals surface area (Å²) in [5.74, 6) is -0.498. The molecular weight excluding hydrogens is 1320 g/mol. The van der Waals surface area contributed by atoms with Gasteiger partial charge in [0.25, 0.3) is 0 Å². The third kappa shape index (κ3) is 76.1. The highest BCUT2D eigenvalue weighted by molar-refractivity contribution is 7.47. The fourth-order valence-corrected chi connectivity index (χ4v) is 14.3. The second-order valence-electron chi connectivity index (χ2n) is 30.5. The number of hydrogen-bond acceptors (Lipinski definition) is 15. The largest absolute Gasteiger partial charge is 0.472 e. The van der Waals surface area contributed by atoms with Gasteiger partial charge in [0, 0.05) is 25.7 Å². The minimum atomic E-state index is -4.96. The van der Waals surface area contributed by atoms with Gasteiger partial charge in [-0.2, -0.15) is 0 Å². The predicted molar refractivity (Wildman–Crippen MR) is 414 cm³/mol. The molecule has 0 saturated carbocycles. The number of rotatable bonds is 81. The summed E-state index contributed by atoms with van der Waals surface area (Å²) in [4.78, 5) is 73.0. The number of ether oxygens (including phenoxy) is 4. The van der Waals surface area contributed by atoms with E-state index in [1.54, 1.807) is 0 Å². The van der Waals surface area contributed by atoms with Crippen LogP contribution < -0.4 is 0 Å². The molecule has 0 radical (unpaired) electrons. The molecule has 0 saturated heterocycles. The molecule has 0 bridgehead atoms. The van der Waals surface area contributed by atoms with Crippen LogP contribution in [0.15, 0.2) is 0 Å². The number of unbranched alkanes of at least 4 members (excludes halogenated alkanes) is 51. The van der Waals surface area contributed by atoms with Gasteiger partial charge in [0.05, 0.1) is 26.4 Å². The molecule has 2 unspecified atom stereocenters. The summed E-state index contributed by atoms with van der Waals surface area (Å²) in [7, 11) is -9.92. The highest BCUT2D eigenvalue weighted by Gasteiger charge is 2.30. The van der Waals surface area contributed by atoms with E-state index in [1.165, 1.54) is 250 Å². The number of phosphoric ester groups is 2. The Kier molecular flexibility index (Phi) is 72.2. The Morgan fingerprint density at radius 1 is 0.267 bits per heavy atom. The molecule has 5 atom stereocenters. The Morgan fingerprint density at radius 3 is 0.673 bits per heavy atom. The molecule has 600 valence electrons. The van der Waals surface area contributed by atoms with Crippen LogP contribution in [0.5, 0.6) is 0 Å². The smallest absolute Gasteiger partial charge is 0.462 e. The molecule has 0 aromatic heterocycles. The van der Waals surface area contributed by atoms with Crippen LogP contribution in [0.2, 0.25) is 0 Å². The zero-order chi connectivity index (χ0) is 74.2. The van der Waals surface area contributed by atoms with Crippen LogP contribution >= 0.6 is 15.6 Å². The van der Waals surface area contributed by atoms with E-state index in [0.717, 1.165) is 102 Å². The normalized spacial score (nSPS) is 13.9. The Morgan fingerprint density at radius 2 is 0.455 bits per heavy atom. The monoisotopic (exact) mass is 1480 g/mol. The van der Waals surface area contributed by atoms with E-state index in [2.05, 4.69) is 41.5 Å². The molecular formula is C82H160O17P2. The van der Waals surface area contributed by atoms with Gasteiger partial charge in [-0.05, 0) is 37.5 Å². The van der Waals surface area contributed by atoms with Crippen molar-refractivity contribution >= 4 is 39.5 Å². The Balaban J connectivity index is 5.22. The van der Waals surface area contributed by atoms with Gasteiger partial charge in [0.1, 0.15) is 19.3 Å². The molecule has 0 aromatic carbocycles. The minimum absolute atomic E-state index is 0.108. The molecule has 0 aliphatic carbocycles. The van der Waals surface area contributed by atoms with Gasteiger partial charge in [-0.25, -0.2) is 9.13 Å². The molecule has 19 heteroatoms. The first-order valence-electron chi connectivity index (χ1n) is 42.5. The fraction of sp³-hybridized carbons (Fsp3) is 0.951. The zero-order valence-corrected chi connectivity index (χ0v) is 68.0. The van der Waals surface area contributed by atoms with Crippen molar-refractivity contribution in [2.45, 2.75) is 452 Å². The number of aliphatic hydroxyl groups excluding tert-OH is 1. The molecule has 0 fully saturated rings. The first-order valence-corrected chi connectivity index (χ1v) is 45.5. The lowest BCUT2D eigenvalue weighted by molar-refractivity contribution is -0.161. The van der Waals surface area contributed by atoms with Crippen molar-refractivity contribution in [3.63, 3.8) is 0 Å². The highest BCUT2D eigenvalue weighted by Crippen LogP contribution is 2.45. The van der Waals surface area contributed by atoms with E-state index in [4.69, 9.17) is 37.0 Å². The lowest BCUT2D eigenvalue weighted by atomic mass is 10.0. The lowest BCUT2D eigenvalue weighted by Gasteiger charge is -2.21. The van der Waals surface area contributed by atoms with Gasteiger partial charge in [0.2, 0.25) is 0 Å². The minimum Gasteiger partial charge on any atom is -0.462 e. The molecule has 0 heterocycles. The second kappa shape index (κ2) is 73.6. The molecule has 0 aliphatic rings. The Labute approximate surface area is 619 Å². The molecule has 3 N–H and O–H groups in total. The standard InChI is InChI=1S/C82H160O17P2/c1-7-9-11-13-15-17-18-19-20-24-31-36-42-48-54-60-66-81(86)98-77(70-92-79(84)64-58-52-46-38-16-14-12-10-8-2)72-96-100(88,89)94-68-76(83)69-95-101(90,91)97-73-78(71-93-80(85)65-59-53-47-41-35-30-27-26-29-34-40-45-51-57-63-75(5)6)99-82(87)67-61-55-49-43-37-32-25-22-21-23-28-33-39-44-50-56-62-74(3)4/h74-78,83H,7-73H2,1-6H3,(H,88,89)(H,90,91)/t76-,77+,78+/m0/s1. The van der Waals surface area contributed by atoms with Crippen LogP contribution in [-0.4, -0.2) is 96.7 Å². The van der Waals surface area contributed by atoms with E-state index in [1.807, 2.05) is 0 Å². The van der Waals surface area contributed by atoms with Gasteiger partial charge < -0.3 is 33.8 Å². The van der Waals surface area contributed by atoms with Gasteiger partial charge >= 0.3 is 39.5 Å². The SMILES string of the molecule is CCCCCCCCCCCCCCCCCCC(=O)O[C@H](COC(=O)CCCCCCCCCCC)COP(=O)(O)OC[C@H](O)COP(=O)(O)OC[C@@H](COC(=O)CCCCCCCCCCCCCCCCC(C)C)OC(=O)CCCCCCCCCCCCCCCCCCC(C)C. The summed E-state index contributed by atoms with van der Waals surface area (Å²) >= 11 is 0. The maximum atomic E-state index is 13.1. The van der Waals surface area contributed by atoms with E-state index in [0.29, 0.717) is 25.7 Å². The van der Waals surface area contributed by atoms with Crippen molar-refractivity contribution in [3.05, 3.63) is 0 Å². The topological polar surface area (TPSA) is 237 Å². The number of carbonyl (C=O) groups is 4. The van der Waals surface area contributed by atoms with Crippen LogP contribution in [0.3, 0.4) is 0 Å². The maximum absolute atomic E-state index is 13.1. The second-order valence-corrected chi connectivity index (χ2v) is 33.4. The number of esters is 4. The number of hydrogen-bond donors (Lipinski definition) is 3. The van der Waals surface area contributed by atoms with Gasteiger partial charge in [-0.3, -0.25) is 37.3 Å². The van der Waals surface area contributed by atoms with Crippen molar-refractivity contribution in [2.75, 3.05) is 39.6 Å². The van der Waals surface area contributed by atoms with Crippen molar-refractivity contribution in [1.82, 2.24) is 0 Å². The first kappa shape index (κ1) is 99.1. The predicted octanol–water partition coefficient (Wildman–Crippen LogP) is 24.7. The van der Waals surface area contributed by atoms with Crippen LogP contribution in [0.4, 0.5) is 0 Å². The van der Waals surface area contributed by atoms with Crippen molar-refractivity contribution < 1.29 is 80.2 Å². The summed E-state index contributed by atoms with van der Waals surface area (Å²) in [5.41, 5.74) is 0. The highest BCUT2D eigenvalue weighted by atomic mass is 31.2. The number of carbonyl (C=O) groups excluding carboxylic acids is 4. The molecule has 0 spiro atoms. The summed E-state index contributed by atoms with van der Waals surface area (Å²) in [5, 5.41) is 10.6. The third-order valence-corrected chi connectivity index (χ3v) is 21.1. The van der Waals surface area contributed by atoms with E-state index in [-0.39, 0.29) is 25.7 Å². The molecule has 0 aliphatic heterocycles. The summed E-state index contributed by atoms with van der Waals surface area (Å²) in [6.45, 7) is 9.69. The lowest BCUT2D eigenvalue weighted by Crippen LogP contribution is -2.30. The van der Waals surface area contributed by atoms with Crippen LogP contribution in [-0.2, 0) is 65.4 Å².